The molecule has 204 valence electrons. The number of amides is 2. The average Bonchev–Trinajstić information content (AvgIpc) is 3.54. The molecule has 0 spiro atoms. The summed E-state index contributed by atoms with van der Waals surface area (Å²) in [6.45, 7) is 6.78. The molecule has 0 radical (unpaired) electrons. The molecule has 0 aromatic carbocycles. The Morgan fingerprint density at radius 1 is 1.10 bits per heavy atom. The number of aromatic nitrogens is 4. The molecule has 0 aliphatic carbocycles. The van der Waals surface area contributed by atoms with Crippen LogP contribution in [0.3, 0.4) is 0 Å². The van der Waals surface area contributed by atoms with Crippen LogP contribution in [0, 0.1) is 0 Å². The van der Waals surface area contributed by atoms with E-state index in [-0.39, 0.29) is 17.5 Å². The number of oxazole rings is 1. The monoisotopic (exact) mass is 531 g/mol. The molecule has 39 heavy (non-hydrogen) atoms. The van der Waals surface area contributed by atoms with E-state index in [1.807, 2.05) is 22.9 Å². The van der Waals surface area contributed by atoms with E-state index in [0.29, 0.717) is 29.9 Å². The van der Waals surface area contributed by atoms with Crippen LogP contribution in [0.1, 0.15) is 62.6 Å². The molecule has 0 saturated carbocycles. The van der Waals surface area contributed by atoms with E-state index in [1.165, 1.54) is 25.8 Å². The average molecular weight is 532 g/mol. The second-order valence-corrected chi connectivity index (χ2v) is 10.5. The molecule has 5 heterocycles. The van der Waals surface area contributed by atoms with Crippen LogP contribution in [-0.4, -0.2) is 55.0 Å². The minimum Gasteiger partial charge on any atom is -0.444 e. The van der Waals surface area contributed by atoms with Gasteiger partial charge in [-0.25, -0.2) is 15.0 Å². The number of hydrogen-bond acceptors (Lipinski definition) is 8. The fourth-order valence-corrected chi connectivity index (χ4v) is 4.63. The first-order chi connectivity index (χ1) is 18.6. The second-order valence-electron chi connectivity index (χ2n) is 10.5. The van der Waals surface area contributed by atoms with Crippen LogP contribution < -0.4 is 15.5 Å². The number of imidazole rings is 1. The third-order valence-electron chi connectivity index (χ3n) is 6.61. The summed E-state index contributed by atoms with van der Waals surface area (Å²) in [7, 11) is 0. The molecule has 11 nitrogen and oxygen atoms in total. The van der Waals surface area contributed by atoms with Crippen LogP contribution in [-0.2, 0) is 11.2 Å². The number of pyridine rings is 2. The first kappa shape index (κ1) is 26.4. The lowest BCUT2D eigenvalue weighted by Crippen LogP contribution is -2.30. The van der Waals surface area contributed by atoms with E-state index in [2.05, 4.69) is 25.5 Å². The normalized spacial score (nSPS) is 14.0. The zero-order valence-electron chi connectivity index (χ0n) is 22.4. The van der Waals surface area contributed by atoms with E-state index in [4.69, 9.17) is 9.40 Å². The van der Waals surface area contributed by atoms with Gasteiger partial charge in [0.1, 0.15) is 17.7 Å². The molecule has 11 heteroatoms. The topological polar surface area (TPSA) is 138 Å². The molecule has 1 aliphatic rings. The first-order valence-corrected chi connectivity index (χ1v) is 13.1. The maximum atomic E-state index is 13.3. The minimum absolute atomic E-state index is 0.129. The lowest BCUT2D eigenvalue weighted by Gasteiger charge is -2.30. The van der Waals surface area contributed by atoms with Crippen molar-refractivity contribution in [2.24, 2.45) is 0 Å². The van der Waals surface area contributed by atoms with Crippen LogP contribution in [0.5, 0.6) is 0 Å². The Morgan fingerprint density at radius 3 is 2.64 bits per heavy atom. The van der Waals surface area contributed by atoms with Crippen molar-refractivity contribution in [3.63, 3.8) is 0 Å². The van der Waals surface area contributed by atoms with Crippen molar-refractivity contribution in [3.05, 3.63) is 54.4 Å². The Bertz CT molecular complexity index is 1500. The van der Waals surface area contributed by atoms with Gasteiger partial charge in [-0.15, -0.1) is 0 Å². The number of hydrogen-bond donors (Lipinski definition) is 3. The van der Waals surface area contributed by atoms with Crippen LogP contribution in [0.2, 0.25) is 0 Å². The van der Waals surface area contributed by atoms with Crippen molar-refractivity contribution in [3.8, 4) is 11.5 Å². The van der Waals surface area contributed by atoms with E-state index >= 15 is 0 Å². The van der Waals surface area contributed by atoms with Gasteiger partial charge in [-0.2, -0.15) is 0 Å². The van der Waals surface area contributed by atoms with Gasteiger partial charge in [0, 0.05) is 50.2 Å². The van der Waals surface area contributed by atoms with Gasteiger partial charge in [0.15, 0.2) is 5.69 Å². The largest absolute Gasteiger partial charge is 0.444 e. The number of aliphatic hydroxyl groups is 1. The van der Waals surface area contributed by atoms with Crippen molar-refractivity contribution in [1.82, 2.24) is 19.4 Å². The van der Waals surface area contributed by atoms with Crippen molar-refractivity contribution in [2.75, 3.05) is 28.6 Å². The summed E-state index contributed by atoms with van der Waals surface area (Å²) in [6, 6.07) is 5.32. The zero-order chi connectivity index (χ0) is 27.6. The Hall–Kier alpha value is -4.25. The molecule has 2 amide bonds. The number of nitrogens with one attached hydrogen (secondary N) is 2. The number of nitrogens with zero attached hydrogens (tertiary/aromatic N) is 5. The molecule has 4 aromatic rings. The number of aryl methyl sites for hydroxylation is 1. The van der Waals surface area contributed by atoms with Crippen molar-refractivity contribution < 1.29 is 19.1 Å². The number of carbonyl (C=O) groups is 2. The number of piperidine rings is 1. The molecule has 1 saturated heterocycles. The number of carbonyl (C=O) groups excluding carboxylic acids is 2. The Kier molecular flexibility index (Phi) is 7.34. The fraction of sp³-hybridized carbons (Fsp3) is 0.393. The summed E-state index contributed by atoms with van der Waals surface area (Å²) in [5.74, 6) is -0.0326. The molecule has 0 unspecified atom stereocenters. The minimum atomic E-state index is -0.772. The van der Waals surface area contributed by atoms with E-state index in [1.54, 1.807) is 26.0 Å². The van der Waals surface area contributed by atoms with Crippen molar-refractivity contribution in [2.45, 2.75) is 58.5 Å². The molecule has 1 fully saturated rings. The molecule has 3 N–H and O–H groups in total. The third kappa shape index (κ3) is 6.43. The first-order valence-electron chi connectivity index (χ1n) is 13.1. The van der Waals surface area contributed by atoms with Gasteiger partial charge < -0.3 is 29.5 Å². The highest BCUT2D eigenvalue weighted by Gasteiger charge is 2.21. The second kappa shape index (κ2) is 10.9. The predicted molar refractivity (Wildman–Crippen MR) is 148 cm³/mol. The van der Waals surface area contributed by atoms with Gasteiger partial charge in [0.25, 0.3) is 5.91 Å². The highest BCUT2D eigenvalue weighted by molar-refractivity contribution is 6.05. The van der Waals surface area contributed by atoms with Gasteiger partial charge in [0.2, 0.25) is 11.8 Å². The lowest BCUT2D eigenvalue weighted by molar-refractivity contribution is -0.114. The number of anilines is 3. The molecular weight excluding hydrogens is 498 g/mol. The Labute approximate surface area is 226 Å². The van der Waals surface area contributed by atoms with Gasteiger partial charge in [-0.1, -0.05) is 0 Å². The molecule has 0 bridgehead atoms. The Balaban J connectivity index is 1.41. The van der Waals surface area contributed by atoms with Crippen molar-refractivity contribution >= 4 is 34.7 Å². The maximum Gasteiger partial charge on any atom is 0.277 e. The summed E-state index contributed by atoms with van der Waals surface area (Å²) in [5, 5.41) is 15.8. The van der Waals surface area contributed by atoms with E-state index in [0.717, 1.165) is 43.0 Å². The molecule has 5 rings (SSSR count). The summed E-state index contributed by atoms with van der Waals surface area (Å²) in [4.78, 5) is 40.2. The SMILES string of the molecule is CC(=O)Nc1cc(-c2nc(C(=O)Nc3cn4cc(CCC(C)(C)O)nc4cc3N3CCCCC3)co2)ccn1. The van der Waals surface area contributed by atoms with Crippen LogP contribution in [0.25, 0.3) is 17.1 Å². The summed E-state index contributed by atoms with van der Waals surface area (Å²) in [5.41, 5.74) is 3.17. The molecule has 1 aliphatic heterocycles. The highest BCUT2D eigenvalue weighted by atomic mass is 16.3. The van der Waals surface area contributed by atoms with Crippen molar-refractivity contribution in [1.29, 1.82) is 0 Å². The highest BCUT2D eigenvalue weighted by Crippen LogP contribution is 2.31. The fourth-order valence-electron chi connectivity index (χ4n) is 4.63. The Morgan fingerprint density at radius 2 is 1.90 bits per heavy atom. The third-order valence-corrected chi connectivity index (χ3v) is 6.61. The maximum absolute atomic E-state index is 13.3. The summed E-state index contributed by atoms with van der Waals surface area (Å²) in [6.07, 6.45) is 11.3. The van der Waals surface area contributed by atoms with Gasteiger partial charge in [-0.3, -0.25) is 9.59 Å². The molecular formula is C28H33N7O4. The zero-order valence-corrected chi connectivity index (χ0v) is 22.4. The lowest BCUT2D eigenvalue weighted by atomic mass is 10.0. The molecule has 0 atom stereocenters. The van der Waals surface area contributed by atoms with Crippen LogP contribution >= 0.6 is 0 Å². The van der Waals surface area contributed by atoms with Crippen LogP contribution in [0.4, 0.5) is 17.2 Å². The van der Waals surface area contributed by atoms with Crippen LogP contribution in [0.15, 0.2) is 47.5 Å². The molecule has 4 aromatic heterocycles. The van der Waals surface area contributed by atoms with Gasteiger partial charge >= 0.3 is 0 Å². The summed E-state index contributed by atoms with van der Waals surface area (Å²) >= 11 is 0. The number of rotatable bonds is 8. The van der Waals surface area contributed by atoms with E-state index < -0.39 is 11.5 Å². The predicted octanol–water partition coefficient (Wildman–Crippen LogP) is 4.29. The summed E-state index contributed by atoms with van der Waals surface area (Å²) < 4.78 is 7.49. The number of fused-ring (bicyclic) bond motifs is 1. The quantitative estimate of drug-likeness (QED) is 0.306. The van der Waals surface area contributed by atoms with E-state index in [9.17, 15) is 14.7 Å². The standard InChI is InChI=1S/C28H33N7O4/c1-18(36)30-24-13-19(8-10-29-24)27-33-22(17-39-27)26(37)32-21-16-35-15-20(7-9-28(2,3)38)31-25(35)14-23(21)34-11-5-4-6-12-34/h8,10,13-17,38H,4-7,9,11-12H2,1-3H3,(H,32,37)(H,29,30,36). The smallest absolute Gasteiger partial charge is 0.277 e. The van der Waals surface area contributed by atoms with Gasteiger partial charge in [-0.05, 0) is 58.1 Å². The van der Waals surface area contributed by atoms with Gasteiger partial charge in [0.05, 0.1) is 22.7 Å².